The number of hydrogen-bond donors (Lipinski definition) is 2. The van der Waals surface area contributed by atoms with Gasteiger partial charge in [0.15, 0.2) is 0 Å². The van der Waals surface area contributed by atoms with Crippen molar-refractivity contribution >= 4 is 34.5 Å². The molecule has 7 heteroatoms. The van der Waals surface area contributed by atoms with E-state index >= 15 is 0 Å². The number of aromatic nitrogens is 2. The SMILES string of the molecule is O=C(O)C[C@@H]1CSCCN1C(=O)c1cccc2cn[nH]c12. The molecule has 1 saturated heterocycles. The molecule has 21 heavy (non-hydrogen) atoms. The Balaban J connectivity index is 1.92. The van der Waals surface area contributed by atoms with Crippen LogP contribution in [0, 0.1) is 0 Å². The fraction of sp³-hybridized carbons (Fsp3) is 0.357. The Labute approximate surface area is 125 Å². The number of benzene rings is 1. The average Bonchev–Trinajstić information content (AvgIpc) is 2.95. The van der Waals surface area contributed by atoms with Crippen LogP contribution in [0.1, 0.15) is 16.8 Å². The summed E-state index contributed by atoms with van der Waals surface area (Å²) >= 11 is 1.69. The zero-order chi connectivity index (χ0) is 14.8. The first-order valence-corrected chi connectivity index (χ1v) is 7.85. The molecule has 0 saturated carbocycles. The highest BCUT2D eigenvalue weighted by molar-refractivity contribution is 7.99. The van der Waals surface area contributed by atoms with Crippen molar-refractivity contribution in [3.05, 3.63) is 30.0 Å². The quantitative estimate of drug-likeness (QED) is 0.899. The van der Waals surface area contributed by atoms with Gasteiger partial charge in [0.05, 0.1) is 29.7 Å². The van der Waals surface area contributed by atoms with Gasteiger partial charge in [-0.1, -0.05) is 12.1 Å². The molecule has 0 radical (unpaired) electrons. The summed E-state index contributed by atoms with van der Waals surface area (Å²) in [6.45, 7) is 0.575. The Kier molecular flexibility index (Phi) is 3.83. The van der Waals surface area contributed by atoms with Crippen molar-refractivity contribution in [2.24, 2.45) is 0 Å². The summed E-state index contributed by atoms with van der Waals surface area (Å²) in [7, 11) is 0. The molecular formula is C14H15N3O3S. The van der Waals surface area contributed by atoms with Crippen molar-refractivity contribution in [3.8, 4) is 0 Å². The maximum Gasteiger partial charge on any atom is 0.305 e. The van der Waals surface area contributed by atoms with Gasteiger partial charge in [-0.25, -0.2) is 0 Å². The van der Waals surface area contributed by atoms with Gasteiger partial charge in [-0.3, -0.25) is 14.7 Å². The largest absolute Gasteiger partial charge is 0.481 e. The van der Waals surface area contributed by atoms with Crippen LogP contribution in [0.2, 0.25) is 0 Å². The van der Waals surface area contributed by atoms with Gasteiger partial charge in [-0.15, -0.1) is 0 Å². The first-order valence-electron chi connectivity index (χ1n) is 6.69. The number of hydrogen-bond acceptors (Lipinski definition) is 4. The predicted octanol–water partition coefficient (Wildman–Crippen LogP) is 1.60. The maximum absolute atomic E-state index is 12.8. The number of amides is 1. The molecule has 1 aromatic carbocycles. The summed E-state index contributed by atoms with van der Waals surface area (Å²) in [5.41, 5.74) is 1.25. The smallest absolute Gasteiger partial charge is 0.305 e. The lowest BCUT2D eigenvalue weighted by molar-refractivity contribution is -0.138. The number of thioether (sulfide) groups is 1. The minimum atomic E-state index is -0.875. The van der Waals surface area contributed by atoms with E-state index in [0.717, 1.165) is 11.1 Å². The van der Waals surface area contributed by atoms with Gasteiger partial charge in [-0.2, -0.15) is 16.9 Å². The van der Waals surface area contributed by atoms with Gasteiger partial charge < -0.3 is 10.0 Å². The molecule has 0 bridgehead atoms. The molecule has 0 aliphatic carbocycles. The number of carboxylic acids is 1. The van der Waals surface area contributed by atoms with E-state index in [1.165, 1.54) is 0 Å². The molecule has 110 valence electrons. The van der Waals surface area contributed by atoms with Crippen molar-refractivity contribution in [2.75, 3.05) is 18.1 Å². The molecule has 1 aliphatic rings. The van der Waals surface area contributed by atoms with Crippen LogP contribution in [-0.2, 0) is 4.79 Å². The monoisotopic (exact) mass is 305 g/mol. The number of rotatable bonds is 3. The Morgan fingerprint density at radius 1 is 1.48 bits per heavy atom. The molecule has 1 fully saturated rings. The van der Waals surface area contributed by atoms with E-state index in [9.17, 15) is 9.59 Å². The topological polar surface area (TPSA) is 86.3 Å². The van der Waals surface area contributed by atoms with Crippen molar-refractivity contribution in [1.82, 2.24) is 15.1 Å². The summed E-state index contributed by atoms with van der Waals surface area (Å²) in [4.78, 5) is 25.4. The summed E-state index contributed by atoms with van der Waals surface area (Å²) in [6.07, 6.45) is 1.66. The van der Waals surface area contributed by atoms with Crippen molar-refractivity contribution < 1.29 is 14.7 Å². The number of aromatic amines is 1. The van der Waals surface area contributed by atoms with Crippen molar-refractivity contribution in [1.29, 1.82) is 0 Å². The Bertz CT molecular complexity index is 685. The second kappa shape index (κ2) is 5.77. The van der Waals surface area contributed by atoms with Gasteiger partial charge in [-0.05, 0) is 6.07 Å². The first-order chi connectivity index (χ1) is 10.2. The zero-order valence-corrected chi connectivity index (χ0v) is 12.1. The molecule has 0 spiro atoms. The third-order valence-corrected chi connectivity index (χ3v) is 4.70. The molecule has 2 aromatic rings. The first kappa shape index (κ1) is 13.9. The highest BCUT2D eigenvalue weighted by Crippen LogP contribution is 2.24. The van der Waals surface area contributed by atoms with Crippen molar-refractivity contribution in [3.63, 3.8) is 0 Å². The molecule has 1 atom stereocenters. The van der Waals surface area contributed by atoms with Crippen LogP contribution in [-0.4, -0.2) is 56.2 Å². The molecule has 1 aromatic heterocycles. The molecule has 3 rings (SSSR count). The summed E-state index contributed by atoms with van der Waals surface area (Å²) in [6, 6.07) is 5.20. The van der Waals surface area contributed by atoms with Crippen LogP contribution in [0.5, 0.6) is 0 Å². The lowest BCUT2D eigenvalue weighted by Gasteiger charge is -2.34. The molecule has 1 aliphatic heterocycles. The molecule has 0 unspecified atom stereocenters. The number of nitrogens with zero attached hydrogens (tertiary/aromatic N) is 2. The van der Waals surface area contributed by atoms with Gasteiger partial charge >= 0.3 is 5.97 Å². The second-order valence-corrected chi connectivity index (χ2v) is 6.11. The summed E-state index contributed by atoms with van der Waals surface area (Å²) in [5.74, 6) is 0.495. The number of carbonyl (C=O) groups is 2. The van der Waals surface area contributed by atoms with Crippen LogP contribution in [0.25, 0.3) is 10.9 Å². The van der Waals surface area contributed by atoms with E-state index in [-0.39, 0.29) is 18.4 Å². The minimum Gasteiger partial charge on any atom is -0.481 e. The zero-order valence-electron chi connectivity index (χ0n) is 11.3. The highest BCUT2D eigenvalue weighted by atomic mass is 32.2. The van der Waals surface area contributed by atoms with Gasteiger partial charge in [0, 0.05) is 23.4 Å². The van der Waals surface area contributed by atoms with E-state index < -0.39 is 5.97 Å². The number of aliphatic carboxylic acids is 1. The Morgan fingerprint density at radius 3 is 3.14 bits per heavy atom. The van der Waals surface area contributed by atoms with Crippen LogP contribution in [0.4, 0.5) is 0 Å². The Hall–Kier alpha value is -2.02. The number of carbonyl (C=O) groups excluding carboxylic acids is 1. The number of para-hydroxylation sites is 1. The van der Waals surface area contributed by atoms with E-state index in [0.29, 0.717) is 23.4 Å². The third kappa shape index (κ3) is 2.73. The lowest BCUT2D eigenvalue weighted by atomic mass is 10.1. The summed E-state index contributed by atoms with van der Waals surface area (Å²) in [5, 5.41) is 16.7. The average molecular weight is 305 g/mol. The fourth-order valence-corrected chi connectivity index (χ4v) is 3.66. The standard InChI is InChI=1S/C14H15N3O3S/c18-12(19)6-10-8-21-5-4-17(10)14(20)11-3-1-2-9-7-15-16-13(9)11/h1-3,7,10H,4-6,8H2,(H,15,16)(H,18,19)/t10-/m1/s1. The number of carboxylic acid groups (broad SMARTS) is 1. The minimum absolute atomic E-state index is 0.0162. The highest BCUT2D eigenvalue weighted by Gasteiger charge is 2.30. The van der Waals surface area contributed by atoms with E-state index in [2.05, 4.69) is 10.2 Å². The molecule has 2 heterocycles. The Morgan fingerprint density at radius 2 is 2.33 bits per heavy atom. The molecule has 1 amide bonds. The van der Waals surface area contributed by atoms with E-state index in [1.807, 2.05) is 12.1 Å². The number of nitrogens with one attached hydrogen (secondary N) is 1. The van der Waals surface area contributed by atoms with Gasteiger partial charge in [0.25, 0.3) is 5.91 Å². The number of H-pyrrole nitrogens is 1. The maximum atomic E-state index is 12.8. The van der Waals surface area contributed by atoms with E-state index in [1.54, 1.807) is 28.9 Å². The van der Waals surface area contributed by atoms with Crippen LogP contribution >= 0.6 is 11.8 Å². The fourth-order valence-electron chi connectivity index (χ4n) is 2.59. The predicted molar refractivity (Wildman–Crippen MR) is 80.5 cm³/mol. The second-order valence-electron chi connectivity index (χ2n) is 4.96. The van der Waals surface area contributed by atoms with Gasteiger partial charge in [0.1, 0.15) is 0 Å². The van der Waals surface area contributed by atoms with E-state index in [4.69, 9.17) is 5.11 Å². The third-order valence-electron chi connectivity index (χ3n) is 3.61. The van der Waals surface area contributed by atoms with Gasteiger partial charge in [0.2, 0.25) is 0 Å². The molecule has 6 nitrogen and oxygen atoms in total. The number of fused-ring (bicyclic) bond motifs is 1. The lowest BCUT2D eigenvalue weighted by Crippen LogP contribution is -2.47. The summed E-state index contributed by atoms with van der Waals surface area (Å²) < 4.78 is 0. The van der Waals surface area contributed by atoms with Crippen molar-refractivity contribution in [2.45, 2.75) is 12.5 Å². The van der Waals surface area contributed by atoms with Crippen LogP contribution < -0.4 is 0 Å². The molecular weight excluding hydrogens is 290 g/mol. The normalized spacial score (nSPS) is 18.9. The van der Waals surface area contributed by atoms with Crippen LogP contribution in [0.3, 0.4) is 0 Å². The molecule has 2 N–H and O–H groups in total. The van der Waals surface area contributed by atoms with Crippen LogP contribution in [0.15, 0.2) is 24.4 Å².